The van der Waals surface area contributed by atoms with Gasteiger partial charge in [-0.15, -0.1) is 0 Å². The van der Waals surface area contributed by atoms with E-state index in [2.05, 4.69) is 0 Å². The highest BCUT2D eigenvalue weighted by atomic mass is 19.4. The van der Waals surface area contributed by atoms with E-state index in [4.69, 9.17) is 9.47 Å². The second kappa shape index (κ2) is 11.8. The molecule has 0 unspecified atom stereocenters. The van der Waals surface area contributed by atoms with Gasteiger partial charge in [-0.05, 0) is 69.2 Å². The lowest BCUT2D eigenvalue weighted by atomic mass is 9.81. The zero-order chi connectivity index (χ0) is 30.1. The van der Waals surface area contributed by atoms with Gasteiger partial charge in [0.05, 0.1) is 18.2 Å². The van der Waals surface area contributed by atoms with Crippen LogP contribution in [-0.4, -0.2) is 52.8 Å². The Labute approximate surface area is 225 Å². The van der Waals surface area contributed by atoms with Gasteiger partial charge in [-0.25, -0.2) is 9.59 Å². The van der Waals surface area contributed by atoms with E-state index < -0.39 is 65.9 Å². The van der Waals surface area contributed by atoms with E-state index in [0.717, 1.165) is 12.0 Å². The van der Waals surface area contributed by atoms with Crippen molar-refractivity contribution >= 4 is 12.2 Å². The number of nitrogens with zero attached hydrogens (tertiary/aromatic N) is 2. The summed E-state index contributed by atoms with van der Waals surface area (Å²) in [7, 11) is 1.10. The van der Waals surface area contributed by atoms with Crippen molar-refractivity contribution in [2.45, 2.75) is 104 Å². The van der Waals surface area contributed by atoms with E-state index in [0.29, 0.717) is 12.1 Å². The molecular weight excluding hydrogens is 530 g/mol. The van der Waals surface area contributed by atoms with Crippen molar-refractivity contribution in [2.24, 2.45) is 11.8 Å². The lowest BCUT2D eigenvalue weighted by molar-refractivity contribution is -0.143. The fourth-order valence-electron chi connectivity index (χ4n) is 4.92. The molecule has 2 atom stereocenters. The number of methoxy groups -OCH3 is 1. The number of benzene rings is 1. The van der Waals surface area contributed by atoms with Gasteiger partial charge in [-0.3, -0.25) is 0 Å². The summed E-state index contributed by atoms with van der Waals surface area (Å²) in [6, 6.07) is -0.174. The molecule has 2 amide bonds. The molecule has 6 nitrogen and oxygen atoms in total. The molecule has 0 aliphatic carbocycles. The Bertz CT molecular complexity index is 967. The van der Waals surface area contributed by atoms with E-state index in [1.165, 1.54) is 0 Å². The molecule has 1 heterocycles. The van der Waals surface area contributed by atoms with Crippen LogP contribution in [0.1, 0.15) is 78.0 Å². The molecule has 222 valence electrons. The van der Waals surface area contributed by atoms with Crippen LogP contribution >= 0.6 is 0 Å². The highest BCUT2D eigenvalue weighted by Gasteiger charge is 2.45. The molecule has 39 heavy (non-hydrogen) atoms. The Kier molecular flexibility index (Phi) is 9.88. The van der Waals surface area contributed by atoms with Gasteiger partial charge in [-0.1, -0.05) is 27.7 Å². The summed E-state index contributed by atoms with van der Waals surface area (Å²) < 4.78 is 91.2. The van der Waals surface area contributed by atoms with Crippen LogP contribution in [-0.2, 0) is 28.4 Å². The van der Waals surface area contributed by atoms with Crippen molar-refractivity contribution in [1.29, 1.82) is 0 Å². The normalized spacial score (nSPS) is 20.8. The summed E-state index contributed by atoms with van der Waals surface area (Å²) in [6.07, 6.45) is -11.0. The maximum atomic E-state index is 13.4. The number of likely N-dealkylation sites (tertiary alicyclic amines) is 1. The van der Waals surface area contributed by atoms with Gasteiger partial charge >= 0.3 is 24.5 Å². The molecule has 0 spiro atoms. The molecule has 0 N–H and O–H groups in total. The minimum absolute atomic E-state index is 0.0505. The van der Waals surface area contributed by atoms with E-state index in [-0.39, 0.29) is 36.3 Å². The Balaban J connectivity index is 2.54. The molecule has 1 fully saturated rings. The number of carbonyl (C=O) groups excluding carboxylic acids is 2. The van der Waals surface area contributed by atoms with Gasteiger partial charge in [0, 0.05) is 24.7 Å². The quantitative estimate of drug-likeness (QED) is 0.341. The van der Waals surface area contributed by atoms with Crippen LogP contribution < -0.4 is 0 Å². The third-order valence-electron chi connectivity index (χ3n) is 6.74. The smallest absolute Gasteiger partial charge is 0.416 e. The largest absolute Gasteiger partial charge is 0.453 e. The highest BCUT2D eigenvalue weighted by molar-refractivity contribution is 5.70. The van der Waals surface area contributed by atoms with Crippen molar-refractivity contribution in [3.63, 3.8) is 0 Å². The first kappa shape index (κ1) is 32.6. The Morgan fingerprint density at radius 1 is 0.897 bits per heavy atom. The summed E-state index contributed by atoms with van der Waals surface area (Å²) in [5.41, 5.74) is -4.01. The second-order valence-electron chi connectivity index (χ2n) is 11.6. The first-order valence-corrected chi connectivity index (χ1v) is 12.8. The summed E-state index contributed by atoms with van der Waals surface area (Å²) in [4.78, 5) is 29.0. The number of hydrogen-bond acceptors (Lipinski definition) is 4. The zero-order valence-electron chi connectivity index (χ0n) is 23.5. The van der Waals surface area contributed by atoms with Crippen LogP contribution in [0, 0.1) is 11.8 Å². The Morgan fingerprint density at radius 2 is 1.33 bits per heavy atom. The zero-order valence-corrected chi connectivity index (χ0v) is 23.5. The van der Waals surface area contributed by atoms with Gasteiger partial charge in [0.15, 0.2) is 0 Å². The first-order chi connectivity index (χ1) is 17.7. The molecular formula is C27H38F6N2O4. The third-order valence-corrected chi connectivity index (χ3v) is 6.74. The molecule has 2 rings (SSSR count). The van der Waals surface area contributed by atoms with Crippen molar-refractivity contribution in [1.82, 2.24) is 9.80 Å². The molecule has 1 aliphatic rings. The monoisotopic (exact) mass is 568 g/mol. The van der Waals surface area contributed by atoms with Crippen LogP contribution in [0.25, 0.3) is 0 Å². The van der Waals surface area contributed by atoms with Gasteiger partial charge < -0.3 is 19.3 Å². The molecule has 1 aromatic carbocycles. The minimum Gasteiger partial charge on any atom is -0.453 e. The molecule has 1 saturated heterocycles. The fraction of sp³-hybridized carbons (Fsp3) is 0.704. The molecule has 0 radical (unpaired) electrons. The van der Waals surface area contributed by atoms with Crippen molar-refractivity contribution in [3.05, 3.63) is 34.9 Å². The van der Waals surface area contributed by atoms with E-state index >= 15 is 0 Å². The van der Waals surface area contributed by atoms with Gasteiger partial charge in [0.1, 0.15) is 5.60 Å². The van der Waals surface area contributed by atoms with Crippen LogP contribution in [0.2, 0.25) is 0 Å². The molecule has 12 heteroatoms. The van der Waals surface area contributed by atoms with Crippen LogP contribution in [0.5, 0.6) is 0 Å². The molecule has 0 saturated carbocycles. The van der Waals surface area contributed by atoms with Crippen molar-refractivity contribution in [2.75, 3.05) is 7.11 Å². The number of amides is 2. The Morgan fingerprint density at radius 3 is 1.67 bits per heavy atom. The predicted octanol–water partition coefficient (Wildman–Crippen LogP) is 7.74. The average molecular weight is 569 g/mol. The molecule has 0 aromatic heterocycles. The predicted molar refractivity (Wildman–Crippen MR) is 133 cm³/mol. The van der Waals surface area contributed by atoms with Crippen LogP contribution in [0.4, 0.5) is 35.9 Å². The summed E-state index contributed by atoms with van der Waals surface area (Å²) >= 11 is 0. The SMILES string of the molecule is COC(=O)N(Cc1cc(C(F)(F)F)cc(C(F)(F)F)c1)C1C[C@H](C(C)C)N(C(=O)OC(C)(C)C)[C@@H](C(C)C)C1. The number of hydrogen-bond donors (Lipinski definition) is 0. The van der Waals surface area contributed by atoms with Crippen LogP contribution in [0.15, 0.2) is 18.2 Å². The molecule has 1 aromatic rings. The van der Waals surface area contributed by atoms with E-state index in [9.17, 15) is 35.9 Å². The van der Waals surface area contributed by atoms with Crippen molar-refractivity contribution in [3.8, 4) is 0 Å². The number of alkyl halides is 6. The summed E-state index contributed by atoms with van der Waals surface area (Å²) in [6.45, 7) is 12.3. The summed E-state index contributed by atoms with van der Waals surface area (Å²) in [5, 5.41) is 0. The first-order valence-electron chi connectivity index (χ1n) is 12.8. The second-order valence-corrected chi connectivity index (χ2v) is 11.6. The fourth-order valence-corrected chi connectivity index (χ4v) is 4.92. The van der Waals surface area contributed by atoms with Gasteiger partial charge in [0.2, 0.25) is 0 Å². The lowest BCUT2D eigenvalue weighted by Crippen LogP contribution is -2.61. The lowest BCUT2D eigenvalue weighted by Gasteiger charge is -2.50. The Hall–Kier alpha value is -2.66. The standard InChI is InChI=1S/C27H38F6N2O4/c1-15(2)21-12-20(13-22(16(3)4)35(21)24(37)39-25(5,6)7)34(23(36)38-8)14-17-9-18(26(28,29)30)11-19(10-17)27(31,32)33/h9-11,15-16,20-22H,12-14H2,1-8H3/t21-,22-/m1/s1. The topological polar surface area (TPSA) is 59.1 Å². The van der Waals surface area contributed by atoms with E-state index in [1.54, 1.807) is 25.7 Å². The molecule has 1 aliphatic heterocycles. The molecule has 0 bridgehead atoms. The van der Waals surface area contributed by atoms with Crippen LogP contribution in [0.3, 0.4) is 0 Å². The number of rotatable bonds is 5. The maximum absolute atomic E-state index is 13.4. The van der Waals surface area contributed by atoms with Crippen molar-refractivity contribution < 1.29 is 45.4 Å². The number of piperidine rings is 1. The minimum atomic E-state index is -5.02. The van der Waals surface area contributed by atoms with Gasteiger partial charge in [0.25, 0.3) is 0 Å². The average Bonchev–Trinajstić information content (AvgIpc) is 2.78. The summed E-state index contributed by atoms with van der Waals surface area (Å²) in [5.74, 6) is -0.182. The highest BCUT2D eigenvalue weighted by Crippen LogP contribution is 2.39. The van der Waals surface area contributed by atoms with Gasteiger partial charge in [-0.2, -0.15) is 26.3 Å². The number of ether oxygens (including phenoxy) is 2. The maximum Gasteiger partial charge on any atom is 0.416 e. The number of halogens is 6. The van der Waals surface area contributed by atoms with E-state index in [1.807, 2.05) is 27.7 Å². The third kappa shape index (κ3) is 8.41. The number of carbonyl (C=O) groups is 2.